The standard InChI is InChI=1S/C38H41N5O3Si/c1-37(2,3)33(38(46-47,28-14-8-5-9-15-28)29-16-10-6-11-17-29)26-43-34-27(24-39-35(41-34)40-30-18-12-7-13-19-30)25-42(36(43)44)31-20-22-32(45-4)23-21-31/h5-24,33H,25-26H2,1-4,47H3,(H,39,40,41)/t33-/m1/s1. The molecular formula is C38H41N5O3Si. The van der Waals surface area contributed by atoms with Crippen molar-refractivity contribution in [1.29, 1.82) is 0 Å². The first-order valence-electron chi connectivity index (χ1n) is 15.8. The molecule has 0 saturated heterocycles. The Labute approximate surface area is 279 Å². The molecule has 0 saturated carbocycles. The second-order valence-electron chi connectivity index (χ2n) is 12.8. The van der Waals surface area contributed by atoms with E-state index in [1.165, 1.54) is 0 Å². The molecule has 5 aromatic rings. The Hall–Kier alpha value is -4.99. The summed E-state index contributed by atoms with van der Waals surface area (Å²) in [7, 11) is 2.11. The Bertz CT molecular complexity index is 1760. The highest BCUT2D eigenvalue weighted by molar-refractivity contribution is 6.05. The number of hydrogen-bond acceptors (Lipinski definition) is 6. The Balaban J connectivity index is 1.50. The van der Waals surface area contributed by atoms with Gasteiger partial charge < -0.3 is 14.5 Å². The number of rotatable bonds is 10. The van der Waals surface area contributed by atoms with Crippen LogP contribution in [0, 0.1) is 11.3 Å². The number of benzene rings is 4. The van der Waals surface area contributed by atoms with E-state index >= 15 is 0 Å². The summed E-state index contributed by atoms with van der Waals surface area (Å²) in [5, 5.41) is 3.31. The first-order valence-corrected chi connectivity index (χ1v) is 16.6. The Morgan fingerprint density at radius 3 is 1.96 bits per heavy atom. The van der Waals surface area contributed by atoms with Crippen molar-refractivity contribution in [2.75, 3.05) is 28.8 Å². The summed E-state index contributed by atoms with van der Waals surface area (Å²) in [5.41, 5.74) is 3.44. The summed E-state index contributed by atoms with van der Waals surface area (Å²) in [5.74, 6) is 1.55. The van der Waals surface area contributed by atoms with Crippen molar-refractivity contribution < 1.29 is 14.0 Å². The van der Waals surface area contributed by atoms with Gasteiger partial charge in [0.25, 0.3) is 0 Å². The van der Waals surface area contributed by atoms with E-state index in [0.717, 1.165) is 33.8 Å². The maximum Gasteiger partial charge on any atom is 0.330 e. The molecule has 1 N–H and O–H groups in total. The molecule has 240 valence electrons. The van der Waals surface area contributed by atoms with Crippen molar-refractivity contribution in [1.82, 2.24) is 9.97 Å². The van der Waals surface area contributed by atoms with Crippen LogP contribution in [0.2, 0.25) is 0 Å². The molecular weight excluding hydrogens is 603 g/mol. The third-order valence-corrected chi connectivity index (χ3v) is 9.57. The Kier molecular flexibility index (Phi) is 9.11. The molecule has 1 aromatic heterocycles. The molecule has 0 fully saturated rings. The molecule has 9 heteroatoms. The highest BCUT2D eigenvalue weighted by Crippen LogP contribution is 2.49. The van der Waals surface area contributed by atoms with Crippen LogP contribution < -0.4 is 19.9 Å². The highest BCUT2D eigenvalue weighted by atomic mass is 28.2. The van der Waals surface area contributed by atoms with Gasteiger partial charge in [-0.1, -0.05) is 99.6 Å². The number of carbonyl (C=O) groups excluding carboxylic acids is 1. The number of nitrogens with zero attached hydrogens (tertiary/aromatic N) is 4. The average molecular weight is 644 g/mol. The minimum absolute atomic E-state index is 0.162. The number of anilines is 4. The van der Waals surface area contributed by atoms with Gasteiger partial charge in [0, 0.05) is 35.6 Å². The fraction of sp³-hybridized carbons (Fsp3) is 0.237. The molecule has 1 aliphatic heterocycles. The topological polar surface area (TPSA) is 79.8 Å². The Morgan fingerprint density at radius 1 is 0.851 bits per heavy atom. The molecule has 0 radical (unpaired) electrons. The number of hydrogen-bond donors (Lipinski definition) is 1. The molecule has 0 aliphatic carbocycles. The van der Waals surface area contributed by atoms with Crippen LogP contribution in [0.15, 0.2) is 121 Å². The zero-order chi connectivity index (χ0) is 33.0. The van der Waals surface area contributed by atoms with Crippen molar-refractivity contribution in [3.63, 3.8) is 0 Å². The molecule has 4 aromatic carbocycles. The van der Waals surface area contributed by atoms with Gasteiger partial charge in [-0.2, -0.15) is 4.98 Å². The smallest absolute Gasteiger partial charge is 0.330 e. The summed E-state index contributed by atoms with van der Waals surface area (Å²) in [6.07, 6.45) is 1.82. The van der Waals surface area contributed by atoms with Gasteiger partial charge in [0.05, 0.1) is 13.7 Å². The zero-order valence-electron chi connectivity index (χ0n) is 27.6. The first kappa shape index (κ1) is 32.0. The van der Waals surface area contributed by atoms with E-state index in [4.69, 9.17) is 14.1 Å². The van der Waals surface area contributed by atoms with Crippen LogP contribution in [0.25, 0.3) is 0 Å². The van der Waals surface area contributed by atoms with Gasteiger partial charge in [-0.05, 0) is 52.9 Å². The van der Waals surface area contributed by atoms with Gasteiger partial charge in [-0.25, -0.2) is 9.78 Å². The maximum absolute atomic E-state index is 14.8. The van der Waals surface area contributed by atoms with E-state index in [0.29, 0.717) is 35.3 Å². The highest BCUT2D eigenvalue weighted by Gasteiger charge is 2.50. The van der Waals surface area contributed by atoms with E-state index in [1.807, 2.05) is 77.8 Å². The summed E-state index contributed by atoms with van der Waals surface area (Å²) < 4.78 is 12.2. The number of urea groups is 1. The normalized spacial score (nSPS) is 14.1. The number of ether oxygens (including phenoxy) is 1. The minimum atomic E-state index is -0.825. The average Bonchev–Trinajstić information content (AvgIpc) is 3.10. The molecule has 2 heterocycles. The molecule has 6 rings (SSSR count). The Morgan fingerprint density at radius 2 is 1.43 bits per heavy atom. The van der Waals surface area contributed by atoms with E-state index in [-0.39, 0.29) is 17.4 Å². The molecule has 8 nitrogen and oxygen atoms in total. The lowest BCUT2D eigenvalue weighted by atomic mass is 9.65. The third-order valence-electron chi connectivity index (χ3n) is 8.93. The first-order chi connectivity index (χ1) is 22.7. The number of amides is 2. The molecule has 0 bridgehead atoms. The van der Waals surface area contributed by atoms with Gasteiger partial charge in [0.2, 0.25) is 5.95 Å². The minimum Gasteiger partial charge on any atom is -0.497 e. The van der Waals surface area contributed by atoms with Crippen LogP contribution in [0.4, 0.5) is 27.9 Å². The molecule has 47 heavy (non-hydrogen) atoms. The predicted molar refractivity (Wildman–Crippen MR) is 191 cm³/mol. The van der Waals surface area contributed by atoms with Crippen molar-refractivity contribution in [3.8, 4) is 5.75 Å². The number of aromatic nitrogens is 2. The largest absolute Gasteiger partial charge is 0.497 e. The van der Waals surface area contributed by atoms with Crippen molar-refractivity contribution >= 4 is 39.7 Å². The van der Waals surface area contributed by atoms with Gasteiger partial charge in [-0.15, -0.1) is 0 Å². The number of methoxy groups -OCH3 is 1. The van der Waals surface area contributed by atoms with Crippen molar-refractivity contribution in [3.05, 3.63) is 138 Å². The van der Waals surface area contributed by atoms with Crippen molar-refractivity contribution in [2.24, 2.45) is 11.3 Å². The maximum atomic E-state index is 14.8. The second-order valence-corrected chi connectivity index (χ2v) is 13.2. The molecule has 0 unspecified atom stereocenters. The van der Waals surface area contributed by atoms with Crippen LogP contribution in [0.1, 0.15) is 37.5 Å². The lowest BCUT2D eigenvalue weighted by Crippen LogP contribution is -2.56. The number of carbonyl (C=O) groups is 1. The SMILES string of the molecule is COc1ccc(N2Cc3cnc(Nc4ccccc4)nc3N(C[C@H](C(C)(C)C)C(O[SiH3])(c3ccccc3)c3ccccc3)C2=O)cc1. The lowest BCUT2D eigenvalue weighted by molar-refractivity contribution is -0.00144. The van der Waals surface area contributed by atoms with E-state index in [1.54, 1.807) is 12.0 Å². The van der Waals surface area contributed by atoms with Crippen LogP contribution in [-0.4, -0.2) is 40.1 Å². The molecule has 1 aliphatic rings. The number of fused-ring (bicyclic) bond motifs is 1. The van der Waals surface area contributed by atoms with Crippen LogP contribution >= 0.6 is 0 Å². The van der Waals surface area contributed by atoms with Crippen LogP contribution in [0.3, 0.4) is 0 Å². The van der Waals surface area contributed by atoms with Crippen LogP contribution in [0.5, 0.6) is 5.75 Å². The van der Waals surface area contributed by atoms with E-state index in [2.05, 4.69) is 79.6 Å². The fourth-order valence-corrected chi connectivity index (χ4v) is 7.33. The summed E-state index contributed by atoms with van der Waals surface area (Å²) in [4.78, 5) is 28.0. The zero-order valence-corrected chi connectivity index (χ0v) is 29.6. The molecule has 1 atom stereocenters. The van der Waals surface area contributed by atoms with Gasteiger partial charge in [0.15, 0.2) is 0 Å². The third kappa shape index (κ3) is 6.37. The van der Waals surface area contributed by atoms with E-state index < -0.39 is 5.60 Å². The van der Waals surface area contributed by atoms with Gasteiger partial charge in [0.1, 0.15) is 27.7 Å². The van der Waals surface area contributed by atoms with Crippen molar-refractivity contribution in [2.45, 2.75) is 32.9 Å². The molecule has 0 spiro atoms. The van der Waals surface area contributed by atoms with Gasteiger partial charge in [-0.3, -0.25) is 9.80 Å². The van der Waals surface area contributed by atoms with E-state index in [9.17, 15) is 4.79 Å². The molecule has 2 amide bonds. The predicted octanol–water partition coefficient (Wildman–Crippen LogP) is 7.08. The second kappa shape index (κ2) is 13.4. The summed E-state index contributed by atoms with van der Waals surface area (Å²) >= 11 is 0. The summed E-state index contributed by atoms with van der Waals surface area (Å²) in [6.45, 7) is 7.34. The summed E-state index contributed by atoms with van der Waals surface area (Å²) in [6, 6.07) is 38.0. The van der Waals surface area contributed by atoms with Crippen LogP contribution in [-0.2, 0) is 16.6 Å². The van der Waals surface area contributed by atoms with Gasteiger partial charge >= 0.3 is 6.03 Å². The monoisotopic (exact) mass is 643 g/mol. The quantitative estimate of drug-likeness (QED) is 0.164. The lowest BCUT2D eigenvalue weighted by Gasteiger charge is -2.50. The fourth-order valence-electron chi connectivity index (χ4n) is 6.57. The number of nitrogens with one attached hydrogen (secondary N) is 1. The number of para-hydroxylation sites is 1.